The summed E-state index contributed by atoms with van der Waals surface area (Å²) in [6.45, 7) is 5.64. The van der Waals surface area contributed by atoms with Crippen LogP contribution in [0.5, 0.6) is 5.75 Å². The summed E-state index contributed by atoms with van der Waals surface area (Å²) in [5, 5.41) is 20.6. The molecular weight excluding hydrogens is 428 g/mol. The second-order valence-corrected chi connectivity index (χ2v) is 8.35. The molecule has 34 heavy (non-hydrogen) atoms. The van der Waals surface area contributed by atoms with E-state index in [0.717, 1.165) is 22.3 Å². The van der Waals surface area contributed by atoms with Gasteiger partial charge in [0.25, 0.3) is 11.7 Å². The zero-order chi connectivity index (χ0) is 24.6. The van der Waals surface area contributed by atoms with Crippen molar-refractivity contribution in [2.24, 2.45) is 0 Å². The molecule has 1 aliphatic heterocycles. The topological polar surface area (TPSA) is 90.6 Å². The number of benzene rings is 3. The van der Waals surface area contributed by atoms with E-state index in [1.165, 1.54) is 12.0 Å². The third-order valence-electron chi connectivity index (χ3n) is 6.08. The normalized spacial score (nSPS) is 17.0. The maximum absolute atomic E-state index is 13.4. The van der Waals surface area contributed by atoms with Gasteiger partial charge in [-0.1, -0.05) is 30.3 Å². The van der Waals surface area contributed by atoms with E-state index in [1.807, 2.05) is 51.1 Å². The number of hydrogen-bond acceptors (Lipinski definition) is 5. The zero-order valence-electron chi connectivity index (χ0n) is 19.4. The van der Waals surface area contributed by atoms with E-state index in [1.54, 1.807) is 30.3 Å². The summed E-state index contributed by atoms with van der Waals surface area (Å²) < 4.78 is 5.54. The lowest BCUT2D eigenvalue weighted by molar-refractivity contribution is -0.132. The van der Waals surface area contributed by atoms with Gasteiger partial charge in [-0.25, -0.2) is 0 Å². The Bertz CT molecular complexity index is 1380. The highest BCUT2D eigenvalue weighted by atomic mass is 16.5. The van der Waals surface area contributed by atoms with Crippen LogP contribution in [-0.2, 0) is 9.59 Å². The second kappa shape index (κ2) is 8.87. The molecule has 0 radical (unpaired) electrons. The molecule has 0 aliphatic carbocycles. The fourth-order valence-corrected chi connectivity index (χ4v) is 4.53. The molecule has 1 aliphatic rings. The van der Waals surface area contributed by atoms with Gasteiger partial charge in [-0.05, 0) is 73.4 Å². The van der Waals surface area contributed by atoms with Gasteiger partial charge in [-0.2, -0.15) is 5.26 Å². The van der Waals surface area contributed by atoms with Gasteiger partial charge in [0, 0.05) is 5.69 Å². The largest absolute Gasteiger partial charge is 0.507 e. The second-order valence-electron chi connectivity index (χ2n) is 8.35. The molecule has 1 unspecified atom stereocenters. The number of amides is 1. The first-order valence-corrected chi connectivity index (χ1v) is 10.8. The molecule has 0 spiro atoms. The van der Waals surface area contributed by atoms with Crippen molar-refractivity contribution in [3.05, 3.63) is 99.6 Å². The van der Waals surface area contributed by atoms with Crippen molar-refractivity contribution in [2.45, 2.75) is 26.8 Å². The Hall–Kier alpha value is -4.37. The van der Waals surface area contributed by atoms with Gasteiger partial charge in [0.15, 0.2) is 0 Å². The zero-order valence-corrected chi connectivity index (χ0v) is 19.4. The number of nitrogens with zero attached hydrogens (tertiary/aromatic N) is 2. The van der Waals surface area contributed by atoms with Crippen LogP contribution in [0.2, 0.25) is 0 Å². The number of hydrogen-bond donors (Lipinski definition) is 1. The van der Waals surface area contributed by atoms with E-state index in [9.17, 15) is 14.7 Å². The van der Waals surface area contributed by atoms with Crippen LogP contribution < -0.4 is 9.64 Å². The van der Waals surface area contributed by atoms with Gasteiger partial charge in [0.05, 0.1) is 35.9 Å². The SMILES string of the molecule is COc1c(C)cc(C)cc1/C(O)=C1\C(=O)C(=O)N(c2ccc(C#N)cc2)C1c1ccccc1C. The number of ether oxygens (including phenoxy) is 1. The number of Topliss-reactive ketones (excluding diaryl/α,β-unsaturated/α-hetero) is 1. The minimum Gasteiger partial charge on any atom is -0.507 e. The molecule has 3 aromatic carbocycles. The van der Waals surface area contributed by atoms with E-state index in [2.05, 4.69) is 6.07 Å². The number of carbonyl (C=O) groups excluding carboxylic acids is 2. The maximum Gasteiger partial charge on any atom is 0.300 e. The Balaban J connectivity index is 2.02. The average molecular weight is 453 g/mol. The molecule has 6 nitrogen and oxygen atoms in total. The summed E-state index contributed by atoms with van der Waals surface area (Å²) in [5.74, 6) is -1.37. The summed E-state index contributed by atoms with van der Waals surface area (Å²) in [7, 11) is 1.50. The lowest BCUT2D eigenvalue weighted by atomic mass is 9.91. The highest BCUT2D eigenvalue weighted by molar-refractivity contribution is 6.51. The number of carbonyl (C=O) groups is 2. The number of rotatable bonds is 4. The van der Waals surface area contributed by atoms with Crippen LogP contribution in [0.3, 0.4) is 0 Å². The summed E-state index contributed by atoms with van der Waals surface area (Å²) >= 11 is 0. The number of aliphatic hydroxyl groups is 1. The number of aliphatic hydroxyl groups excluding tert-OH is 1. The molecule has 1 atom stereocenters. The molecular formula is C28H24N2O4. The molecule has 4 rings (SSSR count). The average Bonchev–Trinajstić information content (AvgIpc) is 3.08. The highest BCUT2D eigenvalue weighted by Crippen LogP contribution is 2.44. The maximum atomic E-state index is 13.4. The fourth-order valence-electron chi connectivity index (χ4n) is 4.53. The lowest BCUT2D eigenvalue weighted by Gasteiger charge is -2.27. The third-order valence-corrected chi connectivity index (χ3v) is 6.08. The smallest absolute Gasteiger partial charge is 0.300 e. The van der Waals surface area contributed by atoms with Crippen molar-refractivity contribution in [3.8, 4) is 11.8 Å². The summed E-state index contributed by atoms with van der Waals surface area (Å²) in [5.41, 5.74) is 4.52. The van der Waals surface area contributed by atoms with Crippen molar-refractivity contribution in [2.75, 3.05) is 12.0 Å². The number of anilines is 1. The highest BCUT2D eigenvalue weighted by Gasteiger charge is 2.47. The Morgan fingerprint density at radius 3 is 2.29 bits per heavy atom. The number of ketones is 1. The van der Waals surface area contributed by atoms with Crippen molar-refractivity contribution in [3.63, 3.8) is 0 Å². The summed E-state index contributed by atoms with van der Waals surface area (Å²) in [4.78, 5) is 28.1. The van der Waals surface area contributed by atoms with Crippen molar-refractivity contribution < 1.29 is 19.4 Å². The van der Waals surface area contributed by atoms with Crippen LogP contribution >= 0.6 is 0 Å². The third kappa shape index (κ3) is 3.71. The van der Waals surface area contributed by atoms with Crippen LogP contribution in [0.25, 0.3) is 5.76 Å². The van der Waals surface area contributed by atoms with Gasteiger partial charge < -0.3 is 9.84 Å². The molecule has 0 bridgehead atoms. The molecule has 0 aromatic heterocycles. The van der Waals surface area contributed by atoms with Gasteiger partial charge in [-0.3, -0.25) is 14.5 Å². The Morgan fingerprint density at radius 2 is 1.68 bits per heavy atom. The van der Waals surface area contributed by atoms with Gasteiger partial charge in [0.1, 0.15) is 11.5 Å². The number of nitriles is 1. The predicted molar refractivity (Wildman–Crippen MR) is 130 cm³/mol. The van der Waals surface area contributed by atoms with Gasteiger partial charge in [-0.15, -0.1) is 0 Å². The van der Waals surface area contributed by atoms with Crippen LogP contribution in [0.15, 0.2) is 66.2 Å². The summed E-state index contributed by atoms with van der Waals surface area (Å²) in [6.07, 6.45) is 0. The minimum atomic E-state index is -0.848. The van der Waals surface area contributed by atoms with Gasteiger partial charge in [0.2, 0.25) is 0 Å². The van der Waals surface area contributed by atoms with Crippen molar-refractivity contribution in [1.29, 1.82) is 5.26 Å². The first-order valence-electron chi connectivity index (χ1n) is 10.8. The quantitative estimate of drug-likeness (QED) is 0.337. The fraction of sp³-hybridized carbons (Fsp3) is 0.179. The Labute approximate surface area is 198 Å². The number of methoxy groups -OCH3 is 1. The van der Waals surface area contributed by atoms with Crippen LogP contribution in [-0.4, -0.2) is 23.9 Å². The molecule has 1 amide bonds. The van der Waals surface area contributed by atoms with E-state index in [4.69, 9.17) is 10.00 Å². The molecule has 1 N–H and O–H groups in total. The molecule has 1 heterocycles. The van der Waals surface area contributed by atoms with Gasteiger partial charge >= 0.3 is 0 Å². The van der Waals surface area contributed by atoms with Crippen LogP contribution in [0.4, 0.5) is 5.69 Å². The van der Waals surface area contributed by atoms with E-state index >= 15 is 0 Å². The van der Waals surface area contributed by atoms with Crippen molar-refractivity contribution >= 4 is 23.1 Å². The monoisotopic (exact) mass is 452 g/mol. The Morgan fingerprint density at radius 1 is 1.00 bits per heavy atom. The molecule has 1 saturated heterocycles. The lowest BCUT2D eigenvalue weighted by Crippen LogP contribution is -2.29. The molecule has 0 saturated carbocycles. The standard InChI is InChI=1S/C28H24N2O4/c1-16-13-18(3)27(34-4)22(14-16)25(31)23-24(21-8-6-5-7-17(21)2)30(28(33)26(23)32)20-11-9-19(15-29)10-12-20/h5-14,24,31H,1-4H3/b25-23+. The van der Waals surface area contributed by atoms with E-state index < -0.39 is 17.7 Å². The molecule has 1 fully saturated rings. The Kier molecular flexibility index (Phi) is 5.95. The van der Waals surface area contributed by atoms with Crippen LogP contribution in [0.1, 0.15) is 39.4 Å². The first kappa shape index (κ1) is 22.8. The van der Waals surface area contributed by atoms with Crippen LogP contribution in [0, 0.1) is 32.1 Å². The first-order chi connectivity index (χ1) is 16.3. The molecule has 3 aromatic rings. The van der Waals surface area contributed by atoms with E-state index in [0.29, 0.717) is 22.6 Å². The summed E-state index contributed by atoms with van der Waals surface area (Å²) in [6, 6.07) is 18.8. The molecule has 6 heteroatoms. The minimum absolute atomic E-state index is 0.00744. The van der Waals surface area contributed by atoms with Crippen molar-refractivity contribution in [1.82, 2.24) is 0 Å². The molecule has 170 valence electrons. The van der Waals surface area contributed by atoms with E-state index in [-0.39, 0.29) is 11.3 Å². The number of aryl methyl sites for hydroxylation is 3. The predicted octanol–water partition coefficient (Wildman–Crippen LogP) is 5.12.